The zero-order valence-electron chi connectivity index (χ0n) is 7.72. The zero-order valence-corrected chi connectivity index (χ0v) is 8.54. The average molecular weight is 245 g/mol. The van der Waals surface area contributed by atoms with E-state index in [2.05, 4.69) is 4.98 Å². The van der Waals surface area contributed by atoms with Crippen molar-refractivity contribution in [3.63, 3.8) is 0 Å². The summed E-state index contributed by atoms with van der Waals surface area (Å²) in [5.74, 6) is -1.13. The van der Waals surface area contributed by atoms with E-state index < -0.39 is 21.1 Å². The maximum atomic E-state index is 13.2. The molecule has 0 aromatic carbocycles. The highest BCUT2D eigenvalue weighted by Crippen LogP contribution is 2.21. The molecule has 4 nitrogen and oxygen atoms in total. The van der Waals surface area contributed by atoms with Crippen LogP contribution in [0.4, 0.5) is 8.28 Å². The van der Waals surface area contributed by atoms with Gasteiger partial charge in [-0.15, -0.1) is 3.89 Å². The van der Waals surface area contributed by atoms with Crippen molar-refractivity contribution >= 4 is 10.2 Å². The number of hydrogen-bond acceptors (Lipinski definition) is 4. The van der Waals surface area contributed by atoms with Crippen molar-refractivity contribution in [2.45, 2.75) is 4.90 Å². The molecule has 0 atom stereocenters. The van der Waals surface area contributed by atoms with Gasteiger partial charge in [0.2, 0.25) is 5.95 Å². The summed E-state index contributed by atoms with van der Waals surface area (Å²) in [7, 11) is -5.09. The van der Waals surface area contributed by atoms with Crippen LogP contribution in [0.2, 0.25) is 0 Å². The van der Waals surface area contributed by atoms with Crippen LogP contribution in [0.15, 0.2) is 39.8 Å². The van der Waals surface area contributed by atoms with E-state index in [9.17, 15) is 16.7 Å². The number of aromatic nitrogens is 1. The lowest BCUT2D eigenvalue weighted by Gasteiger charge is -1.99. The van der Waals surface area contributed by atoms with Crippen molar-refractivity contribution in [3.05, 3.63) is 36.5 Å². The second-order valence-electron chi connectivity index (χ2n) is 2.90. The van der Waals surface area contributed by atoms with E-state index in [0.717, 1.165) is 12.1 Å². The number of hydrogen-bond donors (Lipinski definition) is 0. The van der Waals surface area contributed by atoms with Crippen LogP contribution < -0.4 is 0 Å². The van der Waals surface area contributed by atoms with Gasteiger partial charge >= 0.3 is 10.2 Å². The monoisotopic (exact) mass is 245 g/mol. The van der Waals surface area contributed by atoms with E-state index in [-0.39, 0.29) is 11.5 Å². The molecule has 16 heavy (non-hydrogen) atoms. The van der Waals surface area contributed by atoms with Gasteiger partial charge in [-0.05, 0) is 24.3 Å². The van der Waals surface area contributed by atoms with Crippen LogP contribution in [0.5, 0.6) is 0 Å². The molecule has 0 aliphatic heterocycles. The molecule has 84 valence electrons. The fraction of sp³-hybridized carbons (Fsp3) is 0. The van der Waals surface area contributed by atoms with Gasteiger partial charge in [-0.3, -0.25) is 0 Å². The van der Waals surface area contributed by atoms with Gasteiger partial charge in [0.25, 0.3) is 0 Å². The molecule has 0 saturated heterocycles. The fourth-order valence-electron chi connectivity index (χ4n) is 1.16. The molecular formula is C9H5F2NO3S. The van der Waals surface area contributed by atoms with Crippen molar-refractivity contribution in [1.29, 1.82) is 0 Å². The van der Waals surface area contributed by atoms with Crippen LogP contribution in [0.3, 0.4) is 0 Å². The van der Waals surface area contributed by atoms with Crippen LogP contribution in [-0.4, -0.2) is 13.4 Å². The predicted molar refractivity (Wildman–Crippen MR) is 50.2 cm³/mol. The Morgan fingerprint density at radius 3 is 2.50 bits per heavy atom. The Bertz CT molecular complexity index is 608. The van der Waals surface area contributed by atoms with Gasteiger partial charge in [0, 0.05) is 0 Å². The maximum Gasteiger partial charge on any atom is 0.336 e. The molecule has 7 heteroatoms. The molecule has 0 N–H and O–H groups in total. The van der Waals surface area contributed by atoms with Gasteiger partial charge in [0.15, 0.2) is 10.7 Å². The summed E-state index contributed by atoms with van der Waals surface area (Å²) >= 11 is 0. The first-order chi connectivity index (χ1) is 7.48. The lowest BCUT2D eigenvalue weighted by Crippen LogP contribution is -1.99. The normalized spacial score (nSPS) is 11.6. The van der Waals surface area contributed by atoms with E-state index in [1.54, 1.807) is 6.07 Å². The van der Waals surface area contributed by atoms with Gasteiger partial charge in [-0.25, -0.2) is 4.98 Å². The molecule has 0 aliphatic carbocycles. The summed E-state index contributed by atoms with van der Waals surface area (Å²) in [6.45, 7) is 0. The number of furan rings is 1. The number of rotatable bonds is 2. The third kappa shape index (κ3) is 1.94. The summed E-state index contributed by atoms with van der Waals surface area (Å²) in [6.07, 6.45) is 1.36. The molecule has 0 radical (unpaired) electrons. The smallest absolute Gasteiger partial charge is 0.336 e. The fourth-order valence-corrected chi connectivity index (χ4v) is 1.64. The molecule has 2 rings (SSSR count). The molecule has 2 aromatic rings. The predicted octanol–water partition coefficient (Wildman–Crippen LogP) is 2.14. The van der Waals surface area contributed by atoms with Crippen molar-refractivity contribution in [2.75, 3.05) is 0 Å². The van der Waals surface area contributed by atoms with Crippen molar-refractivity contribution in [1.82, 2.24) is 4.98 Å². The van der Waals surface area contributed by atoms with E-state index >= 15 is 0 Å². The van der Waals surface area contributed by atoms with E-state index in [4.69, 9.17) is 4.42 Å². The molecule has 0 aliphatic rings. The topological polar surface area (TPSA) is 60.2 Å². The molecule has 0 spiro atoms. The van der Waals surface area contributed by atoms with Gasteiger partial charge in [0.1, 0.15) is 5.69 Å². The van der Waals surface area contributed by atoms with Crippen LogP contribution >= 0.6 is 0 Å². The standard InChI is InChI=1S/C9H5F2NO3S/c10-9-8(16(11,13)14)4-3-6(12-9)7-2-1-5-15-7/h1-5H. The van der Waals surface area contributed by atoms with Crippen LogP contribution in [0, 0.1) is 5.95 Å². The molecule has 0 unspecified atom stereocenters. The molecule has 2 aromatic heterocycles. The molecule has 0 bridgehead atoms. The van der Waals surface area contributed by atoms with Crippen LogP contribution in [-0.2, 0) is 10.2 Å². The zero-order chi connectivity index (χ0) is 11.8. The second-order valence-corrected chi connectivity index (χ2v) is 4.22. The molecule has 0 amide bonds. The lowest BCUT2D eigenvalue weighted by atomic mass is 10.3. The third-order valence-corrected chi connectivity index (χ3v) is 2.68. The second kappa shape index (κ2) is 3.67. The van der Waals surface area contributed by atoms with Gasteiger partial charge in [-0.1, -0.05) is 0 Å². The summed E-state index contributed by atoms with van der Waals surface area (Å²) in [6, 6.07) is 5.05. The first kappa shape index (κ1) is 10.7. The third-order valence-electron chi connectivity index (χ3n) is 1.85. The highest BCUT2D eigenvalue weighted by Gasteiger charge is 2.20. The van der Waals surface area contributed by atoms with E-state index in [1.165, 1.54) is 12.3 Å². The molecule has 2 heterocycles. The summed E-state index contributed by atoms with van der Waals surface area (Å²) in [5.41, 5.74) is 0.0925. The van der Waals surface area contributed by atoms with E-state index in [0.29, 0.717) is 0 Å². The minimum Gasteiger partial charge on any atom is -0.463 e. The Morgan fingerprint density at radius 1 is 1.25 bits per heavy atom. The Kier molecular flexibility index (Phi) is 2.47. The van der Waals surface area contributed by atoms with Crippen molar-refractivity contribution in [2.24, 2.45) is 0 Å². The highest BCUT2D eigenvalue weighted by molar-refractivity contribution is 7.86. The maximum absolute atomic E-state index is 13.2. The summed E-state index contributed by atoms with van der Waals surface area (Å²) in [5, 5.41) is 0. The quantitative estimate of drug-likeness (QED) is 0.600. The van der Waals surface area contributed by atoms with Gasteiger partial charge in [0.05, 0.1) is 6.26 Å². The molecular weight excluding hydrogens is 240 g/mol. The number of pyridine rings is 1. The molecule has 0 fully saturated rings. The van der Waals surface area contributed by atoms with Crippen LogP contribution in [0.25, 0.3) is 11.5 Å². The molecule has 0 saturated carbocycles. The Balaban J connectivity index is 2.53. The average Bonchev–Trinajstić information content (AvgIpc) is 2.68. The largest absolute Gasteiger partial charge is 0.463 e. The Hall–Kier alpha value is -1.76. The number of nitrogens with zero attached hydrogens (tertiary/aromatic N) is 1. The van der Waals surface area contributed by atoms with Gasteiger partial charge < -0.3 is 4.42 Å². The van der Waals surface area contributed by atoms with E-state index in [1.807, 2.05) is 0 Å². The minimum atomic E-state index is -5.09. The Morgan fingerprint density at radius 2 is 2.00 bits per heavy atom. The summed E-state index contributed by atoms with van der Waals surface area (Å²) in [4.78, 5) is 2.22. The van der Waals surface area contributed by atoms with Crippen molar-refractivity contribution in [3.8, 4) is 11.5 Å². The first-order valence-electron chi connectivity index (χ1n) is 4.13. The number of halogens is 2. The SMILES string of the molecule is O=S(=O)(F)c1ccc(-c2ccco2)nc1F. The lowest BCUT2D eigenvalue weighted by molar-refractivity contribution is 0.515. The first-order valence-corrected chi connectivity index (χ1v) is 5.52. The van der Waals surface area contributed by atoms with Crippen molar-refractivity contribution < 1.29 is 21.1 Å². The summed E-state index contributed by atoms with van der Waals surface area (Å²) < 4.78 is 51.6. The Labute approximate surface area is 89.8 Å². The highest BCUT2D eigenvalue weighted by atomic mass is 32.3. The van der Waals surface area contributed by atoms with Gasteiger partial charge in [-0.2, -0.15) is 12.8 Å². The van der Waals surface area contributed by atoms with Crippen LogP contribution in [0.1, 0.15) is 0 Å². The minimum absolute atomic E-state index is 0.0925.